The normalized spacial score (nSPS) is 20.5. The van der Waals surface area contributed by atoms with Gasteiger partial charge in [0.25, 0.3) is 5.91 Å². The van der Waals surface area contributed by atoms with Gasteiger partial charge in [0.15, 0.2) is 11.5 Å². The molecule has 0 spiro atoms. The second kappa shape index (κ2) is 6.79. The standard InChI is InChI=1S/C16H16ClFN4O3/c1-9-7-21(6-5-10(9)16(24)25)15(23)12-8-22(20-19-12)13-4-2-3-11(17)14(13)18/h2-4,8-10H,5-7H2,1H3,(H,24,25). The summed E-state index contributed by atoms with van der Waals surface area (Å²) in [6, 6.07) is 4.46. The molecule has 1 aliphatic heterocycles. The molecular weight excluding hydrogens is 351 g/mol. The maximum Gasteiger partial charge on any atom is 0.306 e. The van der Waals surface area contributed by atoms with Crippen LogP contribution in [0.4, 0.5) is 4.39 Å². The first-order chi connectivity index (χ1) is 11.9. The molecule has 132 valence electrons. The zero-order chi connectivity index (χ0) is 18.1. The van der Waals surface area contributed by atoms with E-state index in [-0.39, 0.29) is 28.2 Å². The van der Waals surface area contributed by atoms with E-state index >= 15 is 0 Å². The predicted octanol–water partition coefficient (Wildman–Crippen LogP) is 2.24. The zero-order valence-corrected chi connectivity index (χ0v) is 14.1. The molecule has 1 aliphatic rings. The fraction of sp³-hybridized carbons (Fsp3) is 0.375. The highest BCUT2D eigenvalue weighted by atomic mass is 35.5. The fourth-order valence-electron chi connectivity index (χ4n) is 3.01. The number of carbonyl (C=O) groups is 2. The van der Waals surface area contributed by atoms with Gasteiger partial charge in [-0.3, -0.25) is 9.59 Å². The number of piperidine rings is 1. The van der Waals surface area contributed by atoms with Gasteiger partial charge >= 0.3 is 5.97 Å². The Labute approximate surface area is 148 Å². The molecule has 0 bridgehead atoms. The van der Waals surface area contributed by atoms with Crippen LogP contribution in [0.25, 0.3) is 5.69 Å². The molecule has 0 saturated carbocycles. The average Bonchev–Trinajstić information content (AvgIpc) is 3.06. The summed E-state index contributed by atoms with van der Waals surface area (Å²) in [7, 11) is 0. The van der Waals surface area contributed by atoms with Crippen molar-refractivity contribution in [3.8, 4) is 5.69 Å². The Morgan fingerprint density at radius 3 is 2.84 bits per heavy atom. The van der Waals surface area contributed by atoms with E-state index < -0.39 is 17.7 Å². The van der Waals surface area contributed by atoms with Crippen molar-refractivity contribution in [3.63, 3.8) is 0 Å². The summed E-state index contributed by atoms with van der Waals surface area (Å²) in [4.78, 5) is 25.3. The van der Waals surface area contributed by atoms with Gasteiger partial charge in [-0.2, -0.15) is 0 Å². The van der Waals surface area contributed by atoms with Crippen molar-refractivity contribution in [2.24, 2.45) is 11.8 Å². The Morgan fingerprint density at radius 1 is 1.40 bits per heavy atom. The van der Waals surface area contributed by atoms with Gasteiger partial charge in [0.1, 0.15) is 5.69 Å². The molecular formula is C16H16ClFN4O3. The summed E-state index contributed by atoms with van der Waals surface area (Å²) in [6.45, 7) is 2.46. The Hall–Kier alpha value is -2.48. The van der Waals surface area contributed by atoms with Crippen LogP contribution in [0.1, 0.15) is 23.8 Å². The minimum absolute atomic E-state index is 0.0505. The van der Waals surface area contributed by atoms with Crippen LogP contribution in [0.15, 0.2) is 24.4 Å². The molecule has 1 saturated heterocycles. The number of aromatic nitrogens is 3. The Balaban J connectivity index is 1.78. The van der Waals surface area contributed by atoms with Crippen molar-refractivity contribution in [2.75, 3.05) is 13.1 Å². The van der Waals surface area contributed by atoms with Crippen LogP contribution >= 0.6 is 11.6 Å². The number of halogens is 2. The van der Waals surface area contributed by atoms with E-state index in [1.165, 1.54) is 18.3 Å². The topological polar surface area (TPSA) is 88.3 Å². The number of benzene rings is 1. The second-order valence-corrected chi connectivity index (χ2v) is 6.49. The summed E-state index contributed by atoms with van der Waals surface area (Å²) in [6.07, 6.45) is 1.73. The lowest BCUT2D eigenvalue weighted by Gasteiger charge is -2.34. The zero-order valence-electron chi connectivity index (χ0n) is 13.4. The molecule has 1 aromatic carbocycles. The van der Waals surface area contributed by atoms with Gasteiger partial charge in [0.2, 0.25) is 0 Å². The Bertz CT molecular complexity index is 825. The van der Waals surface area contributed by atoms with Gasteiger partial charge in [-0.25, -0.2) is 9.07 Å². The van der Waals surface area contributed by atoms with Crippen molar-refractivity contribution < 1.29 is 19.1 Å². The number of rotatable bonds is 3. The van der Waals surface area contributed by atoms with Gasteiger partial charge in [0, 0.05) is 13.1 Å². The molecule has 1 amide bonds. The minimum Gasteiger partial charge on any atom is -0.481 e. The third-order valence-electron chi connectivity index (χ3n) is 4.40. The highest BCUT2D eigenvalue weighted by Crippen LogP contribution is 2.25. The number of carbonyl (C=O) groups excluding carboxylic acids is 1. The number of carboxylic acid groups (broad SMARTS) is 1. The second-order valence-electron chi connectivity index (χ2n) is 6.08. The largest absolute Gasteiger partial charge is 0.481 e. The van der Waals surface area contributed by atoms with Gasteiger partial charge in [-0.15, -0.1) is 5.10 Å². The number of hydrogen-bond acceptors (Lipinski definition) is 4. The molecule has 2 heterocycles. The summed E-state index contributed by atoms with van der Waals surface area (Å²) >= 11 is 5.75. The van der Waals surface area contributed by atoms with Crippen LogP contribution < -0.4 is 0 Å². The molecule has 25 heavy (non-hydrogen) atoms. The first-order valence-corrected chi connectivity index (χ1v) is 8.15. The van der Waals surface area contributed by atoms with Crippen LogP contribution in [-0.4, -0.2) is 50.0 Å². The maximum atomic E-state index is 14.1. The van der Waals surface area contributed by atoms with Crippen molar-refractivity contribution in [3.05, 3.63) is 40.9 Å². The predicted molar refractivity (Wildman–Crippen MR) is 87.1 cm³/mol. The summed E-state index contributed by atoms with van der Waals surface area (Å²) in [5, 5.41) is 16.7. The summed E-state index contributed by atoms with van der Waals surface area (Å²) < 4.78 is 15.2. The van der Waals surface area contributed by atoms with E-state index in [1.54, 1.807) is 17.9 Å². The first-order valence-electron chi connectivity index (χ1n) is 7.77. The number of hydrogen-bond donors (Lipinski definition) is 1. The van der Waals surface area contributed by atoms with E-state index in [2.05, 4.69) is 10.3 Å². The third-order valence-corrected chi connectivity index (χ3v) is 4.69. The molecule has 3 rings (SSSR count). The van der Waals surface area contributed by atoms with E-state index in [0.717, 1.165) is 4.68 Å². The van der Waals surface area contributed by atoms with E-state index in [4.69, 9.17) is 16.7 Å². The summed E-state index contributed by atoms with van der Waals surface area (Å²) in [5.74, 6) is -2.47. The number of carboxylic acids is 1. The number of nitrogens with zero attached hydrogens (tertiary/aromatic N) is 4. The first kappa shape index (κ1) is 17.3. The molecule has 2 aromatic rings. The SMILES string of the molecule is CC1CN(C(=O)c2cn(-c3cccc(Cl)c3F)nn2)CCC1C(=O)O. The maximum absolute atomic E-state index is 14.1. The van der Waals surface area contributed by atoms with Crippen LogP contribution in [0.2, 0.25) is 5.02 Å². The van der Waals surface area contributed by atoms with Crippen LogP contribution in [0.3, 0.4) is 0 Å². The highest BCUT2D eigenvalue weighted by molar-refractivity contribution is 6.30. The van der Waals surface area contributed by atoms with Crippen molar-refractivity contribution in [1.82, 2.24) is 19.9 Å². The molecule has 0 radical (unpaired) electrons. The summed E-state index contributed by atoms with van der Waals surface area (Å²) in [5.41, 5.74) is 0.164. The Kier molecular flexibility index (Phi) is 4.71. The molecule has 1 aromatic heterocycles. The van der Waals surface area contributed by atoms with E-state index in [9.17, 15) is 14.0 Å². The quantitative estimate of drug-likeness (QED) is 0.900. The average molecular weight is 367 g/mol. The van der Waals surface area contributed by atoms with Crippen LogP contribution in [0.5, 0.6) is 0 Å². The van der Waals surface area contributed by atoms with Crippen LogP contribution in [-0.2, 0) is 4.79 Å². The van der Waals surface area contributed by atoms with Crippen molar-refractivity contribution in [1.29, 1.82) is 0 Å². The lowest BCUT2D eigenvalue weighted by atomic mass is 9.87. The van der Waals surface area contributed by atoms with Gasteiger partial charge < -0.3 is 10.0 Å². The molecule has 2 atom stereocenters. The van der Waals surface area contributed by atoms with Gasteiger partial charge in [-0.05, 0) is 24.5 Å². The lowest BCUT2D eigenvalue weighted by Crippen LogP contribution is -2.45. The van der Waals surface area contributed by atoms with Crippen molar-refractivity contribution >= 4 is 23.5 Å². The van der Waals surface area contributed by atoms with E-state index in [1.807, 2.05) is 0 Å². The van der Waals surface area contributed by atoms with Crippen molar-refractivity contribution in [2.45, 2.75) is 13.3 Å². The van der Waals surface area contributed by atoms with Gasteiger partial charge in [-0.1, -0.05) is 29.8 Å². The molecule has 2 unspecified atom stereocenters. The van der Waals surface area contributed by atoms with Gasteiger partial charge in [0.05, 0.1) is 17.1 Å². The van der Waals surface area contributed by atoms with E-state index in [0.29, 0.717) is 19.5 Å². The molecule has 1 N–H and O–H groups in total. The highest BCUT2D eigenvalue weighted by Gasteiger charge is 2.34. The number of aliphatic carboxylic acids is 1. The molecule has 9 heteroatoms. The third kappa shape index (κ3) is 3.34. The smallest absolute Gasteiger partial charge is 0.306 e. The minimum atomic E-state index is -0.845. The molecule has 1 fully saturated rings. The monoisotopic (exact) mass is 366 g/mol. The fourth-order valence-corrected chi connectivity index (χ4v) is 3.18. The number of amides is 1. The molecule has 0 aliphatic carbocycles. The lowest BCUT2D eigenvalue weighted by molar-refractivity contribution is -0.145. The van der Waals surface area contributed by atoms with Crippen LogP contribution in [0, 0.1) is 17.7 Å². The Morgan fingerprint density at radius 2 is 2.16 bits per heavy atom. The molecule has 7 nitrogen and oxygen atoms in total. The number of likely N-dealkylation sites (tertiary alicyclic amines) is 1.